The Bertz CT molecular complexity index is 1050. The molecule has 4 rings (SSSR count). The van der Waals surface area contributed by atoms with Gasteiger partial charge in [0.15, 0.2) is 0 Å². The molecule has 1 unspecified atom stereocenters. The number of nitrogens with zero attached hydrogens (tertiary/aromatic N) is 2. The first-order chi connectivity index (χ1) is 12.1. The molecule has 4 nitrogen and oxygen atoms in total. The summed E-state index contributed by atoms with van der Waals surface area (Å²) in [5, 5.41) is 6.58. The molecule has 0 fully saturated rings. The lowest BCUT2D eigenvalue weighted by molar-refractivity contribution is 0.371. The van der Waals surface area contributed by atoms with Crippen LogP contribution < -0.4 is 5.73 Å². The molecular weight excluding hydrogens is 310 g/mol. The Hall–Kier alpha value is -3.14. The van der Waals surface area contributed by atoms with Crippen molar-refractivity contribution in [3.8, 4) is 11.4 Å². The third-order valence-corrected chi connectivity index (χ3v) is 4.59. The fourth-order valence-electron chi connectivity index (χ4n) is 3.02. The second kappa shape index (κ2) is 6.06. The number of aryl methyl sites for hydroxylation is 1. The monoisotopic (exact) mass is 329 g/mol. The first kappa shape index (κ1) is 15.4. The number of fused-ring (bicyclic) bond motifs is 1. The normalized spacial score (nSPS) is 12.4. The first-order valence-electron chi connectivity index (χ1n) is 8.30. The molecule has 1 atom stereocenters. The van der Waals surface area contributed by atoms with Crippen LogP contribution in [0, 0.1) is 6.92 Å². The molecule has 0 amide bonds. The third-order valence-electron chi connectivity index (χ3n) is 4.59. The quantitative estimate of drug-likeness (QED) is 0.541. The van der Waals surface area contributed by atoms with E-state index in [9.17, 15) is 0 Å². The molecule has 124 valence electrons. The zero-order valence-electron chi connectivity index (χ0n) is 14.2. The maximum atomic E-state index is 5.89. The Labute approximate surface area is 146 Å². The Morgan fingerprint density at radius 2 is 1.76 bits per heavy atom. The van der Waals surface area contributed by atoms with E-state index in [1.807, 2.05) is 37.3 Å². The standard InChI is InChI=1S/C21H19N3O/c1-13-7-10-18(22)12-19(13)20-23-21(25-24-20)14(2)16-9-8-15-5-3-4-6-17(15)11-16/h3-12,14H,22H2,1-2H3. The van der Waals surface area contributed by atoms with Gasteiger partial charge in [0, 0.05) is 11.3 Å². The van der Waals surface area contributed by atoms with Crippen molar-refractivity contribution < 1.29 is 4.52 Å². The number of hydrogen-bond acceptors (Lipinski definition) is 4. The number of nitrogens with two attached hydrogens (primary N) is 1. The van der Waals surface area contributed by atoms with Crippen LogP contribution in [0.3, 0.4) is 0 Å². The Morgan fingerprint density at radius 1 is 0.960 bits per heavy atom. The van der Waals surface area contributed by atoms with Crippen LogP contribution in [0.1, 0.15) is 29.9 Å². The summed E-state index contributed by atoms with van der Waals surface area (Å²) < 4.78 is 5.54. The summed E-state index contributed by atoms with van der Waals surface area (Å²) in [4.78, 5) is 4.61. The van der Waals surface area contributed by atoms with Gasteiger partial charge in [-0.05, 0) is 47.9 Å². The molecule has 0 aliphatic carbocycles. The third kappa shape index (κ3) is 2.87. The van der Waals surface area contributed by atoms with Crippen LogP contribution in [-0.2, 0) is 0 Å². The molecule has 1 heterocycles. The summed E-state index contributed by atoms with van der Waals surface area (Å²) in [6.45, 7) is 4.09. The van der Waals surface area contributed by atoms with E-state index >= 15 is 0 Å². The molecular formula is C21H19N3O. The fraction of sp³-hybridized carbons (Fsp3) is 0.143. The van der Waals surface area contributed by atoms with Crippen molar-refractivity contribution in [3.63, 3.8) is 0 Å². The number of benzene rings is 3. The second-order valence-electron chi connectivity index (χ2n) is 6.36. The Balaban J connectivity index is 1.69. The SMILES string of the molecule is Cc1ccc(N)cc1-c1noc(C(C)c2ccc3ccccc3c2)n1. The minimum atomic E-state index is 0.0206. The summed E-state index contributed by atoms with van der Waals surface area (Å²) in [6.07, 6.45) is 0. The average Bonchev–Trinajstić information content (AvgIpc) is 3.12. The predicted molar refractivity (Wildman–Crippen MR) is 100 cm³/mol. The number of rotatable bonds is 3. The van der Waals surface area contributed by atoms with E-state index in [-0.39, 0.29) is 5.92 Å². The molecule has 2 N–H and O–H groups in total. The maximum absolute atomic E-state index is 5.89. The van der Waals surface area contributed by atoms with Gasteiger partial charge in [0.25, 0.3) is 0 Å². The number of nitrogen functional groups attached to an aromatic ring is 1. The molecule has 25 heavy (non-hydrogen) atoms. The average molecular weight is 329 g/mol. The van der Waals surface area contributed by atoms with Crippen molar-refractivity contribution in [2.24, 2.45) is 0 Å². The largest absolute Gasteiger partial charge is 0.399 e. The molecule has 0 aliphatic heterocycles. The topological polar surface area (TPSA) is 64.9 Å². The van der Waals surface area contributed by atoms with Gasteiger partial charge in [-0.25, -0.2) is 0 Å². The molecule has 4 heteroatoms. The van der Waals surface area contributed by atoms with Gasteiger partial charge in [0.05, 0.1) is 5.92 Å². The van der Waals surface area contributed by atoms with Gasteiger partial charge in [-0.15, -0.1) is 0 Å². The lowest BCUT2D eigenvalue weighted by Crippen LogP contribution is -1.97. The highest BCUT2D eigenvalue weighted by Gasteiger charge is 2.18. The molecule has 0 aliphatic rings. The van der Waals surface area contributed by atoms with Gasteiger partial charge in [-0.1, -0.05) is 53.7 Å². The molecule has 0 spiro atoms. The van der Waals surface area contributed by atoms with Crippen molar-refractivity contribution in [1.29, 1.82) is 0 Å². The van der Waals surface area contributed by atoms with Crippen molar-refractivity contribution in [2.75, 3.05) is 5.73 Å². The molecule has 1 aromatic heterocycles. The predicted octanol–water partition coefficient (Wildman–Crippen LogP) is 4.93. The van der Waals surface area contributed by atoms with E-state index in [1.54, 1.807) is 0 Å². The highest BCUT2D eigenvalue weighted by atomic mass is 16.5. The summed E-state index contributed by atoms with van der Waals surface area (Å²) >= 11 is 0. The fourth-order valence-corrected chi connectivity index (χ4v) is 3.02. The zero-order valence-corrected chi connectivity index (χ0v) is 14.2. The summed E-state index contributed by atoms with van der Waals surface area (Å²) in [6, 6.07) is 20.4. The number of hydrogen-bond donors (Lipinski definition) is 1. The number of aromatic nitrogens is 2. The van der Waals surface area contributed by atoms with Gasteiger partial charge in [0.2, 0.25) is 11.7 Å². The maximum Gasteiger partial charge on any atom is 0.234 e. The van der Waals surface area contributed by atoms with E-state index in [0.717, 1.165) is 16.7 Å². The first-order valence-corrected chi connectivity index (χ1v) is 8.30. The van der Waals surface area contributed by atoms with Crippen LogP contribution in [0.4, 0.5) is 5.69 Å². The van der Waals surface area contributed by atoms with Gasteiger partial charge in [0.1, 0.15) is 0 Å². The van der Waals surface area contributed by atoms with Crippen LogP contribution >= 0.6 is 0 Å². The summed E-state index contributed by atoms with van der Waals surface area (Å²) in [7, 11) is 0. The van der Waals surface area contributed by atoms with E-state index in [1.165, 1.54) is 10.8 Å². The van der Waals surface area contributed by atoms with E-state index in [4.69, 9.17) is 10.3 Å². The van der Waals surface area contributed by atoms with E-state index in [2.05, 4.69) is 47.4 Å². The summed E-state index contributed by atoms with van der Waals surface area (Å²) in [5.74, 6) is 1.20. The molecule has 0 saturated carbocycles. The van der Waals surface area contributed by atoms with Crippen molar-refractivity contribution in [3.05, 3.63) is 77.7 Å². The smallest absolute Gasteiger partial charge is 0.234 e. The molecule has 0 bridgehead atoms. The van der Waals surface area contributed by atoms with Crippen LogP contribution in [0.2, 0.25) is 0 Å². The van der Waals surface area contributed by atoms with E-state index in [0.29, 0.717) is 17.4 Å². The van der Waals surface area contributed by atoms with Crippen LogP contribution in [0.5, 0.6) is 0 Å². The lowest BCUT2D eigenvalue weighted by Gasteiger charge is -2.08. The minimum absolute atomic E-state index is 0.0206. The molecule has 4 aromatic rings. The van der Waals surface area contributed by atoms with Crippen molar-refractivity contribution in [2.45, 2.75) is 19.8 Å². The lowest BCUT2D eigenvalue weighted by atomic mass is 9.98. The van der Waals surface area contributed by atoms with Gasteiger partial charge >= 0.3 is 0 Å². The zero-order chi connectivity index (χ0) is 17.4. The van der Waals surface area contributed by atoms with Gasteiger partial charge < -0.3 is 10.3 Å². The van der Waals surface area contributed by atoms with Crippen LogP contribution in [0.25, 0.3) is 22.2 Å². The van der Waals surface area contributed by atoms with Gasteiger partial charge in [-0.3, -0.25) is 0 Å². The molecule has 0 radical (unpaired) electrons. The minimum Gasteiger partial charge on any atom is -0.399 e. The van der Waals surface area contributed by atoms with Crippen LogP contribution in [0.15, 0.2) is 65.2 Å². The number of anilines is 1. The molecule has 3 aromatic carbocycles. The Morgan fingerprint density at radius 3 is 2.60 bits per heavy atom. The highest BCUT2D eigenvalue weighted by molar-refractivity contribution is 5.83. The van der Waals surface area contributed by atoms with Crippen molar-refractivity contribution in [1.82, 2.24) is 10.1 Å². The second-order valence-corrected chi connectivity index (χ2v) is 6.36. The van der Waals surface area contributed by atoms with E-state index < -0.39 is 0 Å². The van der Waals surface area contributed by atoms with Crippen LogP contribution in [-0.4, -0.2) is 10.1 Å². The summed E-state index contributed by atoms with van der Waals surface area (Å²) in [5.41, 5.74) is 9.70. The van der Waals surface area contributed by atoms with Gasteiger partial charge in [-0.2, -0.15) is 4.98 Å². The molecule has 0 saturated heterocycles. The van der Waals surface area contributed by atoms with Crippen molar-refractivity contribution >= 4 is 16.5 Å². The highest BCUT2D eigenvalue weighted by Crippen LogP contribution is 2.29. The Kier molecular flexibility index (Phi) is 3.73.